The molecule has 7 nitrogen and oxygen atoms in total. The van der Waals surface area contributed by atoms with Gasteiger partial charge in [-0.3, -0.25) is 9.59 Å². The van der Waals surface area contributed by atoms with E-state index < -0.39 is 12.1 Å². The van der Waals surface area contributed by atoms with Crippen molar-refractivity contribution >= 4 is 23.3 Å². The van der Waals surface area contributed by atoms with Crippen molar-refractivity contribution in [1.82, 2.24) is 0 Å². The summed E-state index contributed by atoms with van der Waals surface area (Å²) < 4.78 is 15.8. The Balaban J connectivity index is 1.49. The summed E-state index contributed by atoms with van der Waals surface area (Å²) in [7, 11) is 1.57. The standard InChI is InChI=1S/C22H26N2O5/c1-16(29-21(25)15-17-4-3-5-20(14-17)27-2)22(26)23-18-6-8-19(9-7-18)24-10-12-28-13-11-24/h3-9,14,16H,10-13,15H2,1-2H3,(H,23,26)/t16-/m1/s1. The molecule has 1 N–H and O–H groups in total. The lowest BCUT2D eigenvalue weighted by Gasteiger charge is -2.28. The van der Waals surface area contributed by atoms with Gasteiger partial charge in [-0.2, -0.15) is 0 Å². The fraction of sp³-hybridized carbons (Fsp3) is 0.364. The van der Waals surface area contributed by atoms with Crippen LogP contribution in [0.5, 0.6) is 5.75 Å². The molecule has 1 amide bonds. The average molecular weight is 398 g/mol. The number of anilines is 2. The maximum absolute atomic E-state index is 12.4. The van der Waals surface area contributed by atoms with Gasteiger partial charge in [0.15, 0.2) is 6.10 Å². The largest absolute Gasteiger partial charge is 0.497 e. The average Bonchev–Trinajstić information content (AvgIpc) is 2.75. The molecule has 3 rings (SSSR count). The summed E-state index contributed by atoms with van der Waals surface area (Å²) in [4.78, 5) is 26.7. The molecule has 1 saturated heterocycles. The molecular weight excluding hydrogens is 372 g/mol. The molecule has 0 aliphatic carbocycles. The van der Waals surface area contributed by atoms with E-state index in [2.05, 4.69) is 10.2 Å². The van der Waals surface area contributed by atoms with E-state index in [0.29, 0.717) is 11.4 Å². The number of ether oxygens (including phenoxy) is 3. The fourth-order valence-electron chi connectivity index (χ4n) is 3.06. The molecule has 1 atom stereocenters. The Morgan fingerprint density at radius 2 is 1.86 bits per heavy atom. The van der Waals surface area contributed by atoms with E-state index >= 15 is 0 Å². The van der Waals surface area contributed by atoms with Crippen molar-refractivity contribution in [2.75, 3.05) is 43.6 Å². The minimum absolute atomic E-state index is 0.0725. The molecule has 0 radical (unpaired) electrons. The molecule has 2 aromatic rings. The van der Waals surface area contributed by atoms with Crippen molar-refractivity contribution in [3.63, 3.8) is 0 Å². The van der Waals surface area contributed by atoms with Crippen LogP contribution < -0.4 is 15.0 Å². The van der Waals surface area contributed by atoms with Gasteiger partial charge in [0, 0.05) is 24.5 Å². The lowest BCUT2D eigenvalue weighted by Crippen LogP contribution is -2.36. The van der Waals surface area contributed by atoms with Crippen LogP contribution in [-0.4, -0.2) is 51.4 Å². The zero-order chi connectivity index (χ0) is 20.6. The van der Waals surface area contributed by atoms with Gasteiger partial charge in [-0.15, -0.1) is 0 Å². The molecule has 0 saturated carbocycles. The summed E-state index contributed by atoms with van der Waals surface area (Å²) in [6, 6.07) is 14.8. The van der Waals surface area contributed by atoms with E-state index in [1.54, 1.807) is 32.2 Å². The summed E-state index contributed by atoms with van der Waals surface area (Å²) >= 11 is 0. The van der Waals surface area contributed by atoms with Gasteiger partial charge < -0.3 is 24.4 Å². The number of carbonyl (C=O) groups excluding carboxylic acids is 2. The number of rotatable bonds is 7. The first-order valence-electron chi connectivity index (χ1n) is 9.61. The number of benzene rings is 2. The lowest BCUT2D eigenvalue weighted by atomic mass is 10.1. The molecule has 1 fully saturated rings. The van der Waals surface area contributed by atoms with Crippen LogP contribution in [0.3, 0.4) is 0 Å². The normalized spacial score (nSPS) is 14.8. The second-order valence-electron chi connectivity index (χ2n) is 6.80. The number of carbonyl (C=O) groups is 2. The highest BCUT2D eigenvalue weighted by Crippen LogP contribution is 2.19. The number of nitrogens with zero attached hydrogens (tertiary/aromatic N) is 1. The third kappa shape index (κ3) is 5.96. The third-order valence-corrected chi connectivity index (χ3v) is 4.67. The van der Waals surface area contributed by atoms with E-state index in [1.165, 1.54) is 0 Å². The van der Waals surface area contributed by atoms with Gasteiger partial charge in [-0.25, -0.2) is 0 Å². The van der Waals surface area contributed by atoms with Crippen LogP contribution in [0.15, 0.2) is 48.5 Å². The van der Waals surface area contributed by atoms with Crippen LogP contribution >= 0.6 is 0 Å². The summed E-state index contributed by atoms with van der Waals surface area (Å²) in [6.45, 7) is 4.70. The number of morpholine rings is 1. The van der Waals surface area contributed by atoms with Crippen LogP contribution in [0.4, 0.5) is 11.4 Å². The second-order valence-corrected chi connectivity index (χ2v) is 6.80. The highest BCUT2D eigenvalue weighted by molar-refractivity contribution is 5.95. The van der Waals surface area contributed by atoms with Crippen molar-refractivity contribution in [1.29, 1.82) is 0 Å². The van der Waals surface area contributed by atoms with Gasteiger partial charge >= 0.3 is 5.97 Å². The fourth-order valence-corrected chi connectivity index (χ4v) is 3.06. The molecule has 7 heteroatoms. The first kappa shape index (κ1) is 20.7. The topological polar surface area (TPSA) is 77.1 Å². The van der Waals surface area contributed by atoms with E-state index in [4.69, 9.17) is 14.2 Å². The Kier molecular flexibility index (Phi) is 7.08. The Morgan fingerprint density at radius 1 is 1.14 bits per heavy atom. The highest BCUT2D eigenvalue weighted by atomic mass is 16.5. The predicted octanol–water partition coefficient (Wildman–Crippen LogP) is 2.64. The smallest absolute Gasteiger partial charge is 0.311 e. The predicted molar refractivity (Wildman–Crippen MR) is 110 cm³/mol. The maximum atomic E-state index is 12.4. The maximum Gasteiger partial charge on any atom is 0.311 e. The lowest BCUT2D eigenvalue weighted by molar-refractivity contribution is -0.152. The molecule has 0 spiro atoms. The quantitative estimate of drug-likeness (QED) is 0.723. The zero-order valence-electron chi connectivity index (χ0n) is 16.7. The monoisotopic (exact) mass is 398 g/mol. The van der Waals surface area contributed by atoms with Gasteiger partial charge in [-0.05, 0) is 48.9 Å². The van der Waals surface area contributed by atoms with E-state index in [9.17, 15) is 9.59 Å². The Bertz CT molecular complexity index is 831. The molecule has 1 aliphatic heterocycles. The molecule has 0 bridgehead atoms. The van der Waals surface area contributed by atoms with E-state index in [1.807, 2.05) is 30.3 Å². The van der Waals surface area contributed by atoms with Crippen LogP contribution in [0.2, 0.25) is 0 Å². The van der Waals surface area contributed by atoms with Gasteiger partial charge in [-0.1, -0.05) is 12.1 Å². The molecule has 1 aliphatic rings. The van der Waals surface area contributed by atoms with Crippen molar-refractivity contribution in [2.45, 2.75) is 19.4 Å². The van der Waals surface area contributed by atoms with Crippen molar-refractivity contribution in [2.24, 2.45) is 0 Å². The number of amides is 1. The molecule has 1 heterocycles. The molecule has 0 aromatic heterocycles. The van der Waals surface area contributed by atoms with Gasteiger partial charge in [0.1, 0.15) is 5.75 Å². The molecule has 154 valence electrons. The second kappa shape index (κ2) is 9.93. The van der Waals surface area contributed by atoms with Gasteiger partial charge in [0.2, 0.25) is 0 Å². The molecule has 2 aromatic carbocycles. The highest BCUT2D eigenvalue weighted by Gasteiger charge is 2.19. The SMILES string of the molecule is COc1cccc(CC(=O)O[C@H](C)C(=O)Nc2ccc(N3CCOCC3)cc2)c1. The zero-order valence-corrected chi connectivity index (χ0v) is 16.7. The summed E-state index contributed by atoms with van der Waals surface area (Å²) in [5.74, 6) is -0.173. The number of hydrogen-bond donors (Lipinski definition) is 1. The summed E-state index contributed by atoms with van der Waals surface area (Å²) in [5, 5.41) is 2.78. The number of hydrogen-bond acceptors (Lipinski definition) is 6. The number of esters is 1. The van der Waals surface area contributed by atoms with Crippen molar-refractivity contribution < 1.29 is 23.8 Å². The van der Waals surface area contributed by atoms with Crippen LogP contribution in [0.25, 0.3) is 0 Å². The summed E-state index contributed by atoms with van der Waals surface area (Å²) in [6.07, 6.45) is -0.824. The van der Waals surface area contributed by atoms with Gasteiger partial charge in [0.25, 0.3) is 5.91 Å². The molecular formula is C22H26N2O5. The number of nitrogens with one attached hydrogen (secondary N) is 1. The van der Waals surface area contributed by atoms with E-state index in [-0.39, 0.29) is 12.3 Å². The van der Waals surface area contributed by atoms with Crippen LogP contribution in [0, 0.1) is 0 Å². The minimum Gasteiger partial charge on any atom is -0.497 e. The van der Waals surface area contributed by atoms with Gasteiger partial charge in [0.05, 0.1) is 26.7 Å². The molecule has 0 unspecified atom stereocenters. The first-order valence-corrected chi connectivity index (χ1v) is 9.61. The Labute approximate surface area is 170 Å². The summed E-state index contributed by atoms with van der Waals surface area (Å²) in [5.41, 5.74) is 2.51. The minimum atomic E-state index is -0.896. The van der Waals surface area contributed by atoms with Crippen LogP contribution in [0.1, 0.15) is 12.5 Å². The Hall–Kier alpha value is -3.06. The van der Waals surface area contributed by atoms with E-state index in [0.717, 1.165) is 37.6 Å². The number of methoxy groups -OCH3 is 1. The Morgan fingerprint density at radius 3 is 2.55 bits per heavy atom. The third-order valence-electron chi connectivity index (χ3n) is 4.67. The molecule has 29 heavy (non-hydrogen) atoms. The van der Waals surface area contributed by atoms with Crippen LogP contribution in [-0.2, 0) is 25.5 Å². The van der Waals surface area contributed by atoms with Crippen molar-refractivity contribution in [3.8, 4) is 5.75 Å². The van der Waals surface area contributed by atoms with Crippen molar-refractivity contribution in [3.05, 3.63) is 54.1 Å². The first-order chi connectivity index (χ1) is 14.0.